The van der Waals surface area contributed by atoms with Gasteiger partial charge in [-0.25, -0.2) is 0 Å². The predicted molar refractivity (Wildman–Crippen MR) is 79.9 cm³/mol. The third kappa shape index (κ3) is 8.06. The van der Waals surface area contributed by atoms with Gasteiger partial charge in [0.2, 0.25) is 5.91 Å². The number of amides is 2. The Balaban J connectivity index is 0.00000191. The summed E-state index contributed by atoms with van der Waals surface area (Å²) in [6.45, 7) is 8.83. The molecule has 0 aliphatic rings. The molecule has 0 radical (unpaired) electrons. The van der Waals surface area contributed by atoms with E-state index in [1.54, 1.807) is 0 Å². The number of aryl methyl sites for hydroxylation is 1. The fourth-order valence-electron chi connectivity index (χ4n) is 1.40. The van der Waals surface area contributed by atoms with Gasteiger partial charge in [0.1, 0.15) is 0 Å². The van der Waals surface area contributed by atoms with Gasteiger partial charge in [0.05, 0.1) is 0 Å². The molecule has 0 aromatic carbocycles. The van der Waals surface area contributed by atoms with Gasteiger partial charge in [-0.1, -0.05) is 32.9 Å². The van der Waals surface area contributed by atoms with Crippen LogP contribution >= 0.6 is 0 Å². The quantitative estimate of drug-likeness (QED) is 0.712. The maximum Gasteiger partial charge on any atom is 0.315 e. The van der Waals surface area contributed by atoms with Crippen LogP contribution in [0.5, 0.6) is 0 Å². The lowest BCUT2D eigenvalue weighted by Gasteiger charge is -2.04. The number of nitrogens with one attached hydrogen (secondary N) is 2. The largest absolute Gasteiger partial charge is 0.356 e. The van der Waals surface area contributed by atoms with Crippen LogP contribution < -0.4 is 10.6 Å². The van der Waals surface area contributed by atoms with E-state index in [2.05, 4.69) is 20.8 Å². The lowest BCUT2D eigenvalue weighted by atomic mass is 10.3. The fourth-order valence-corrected chi connectivity index (χ4v) is 1.40. The molecule has 1 rings (SSSR count). The first-order chi connectivity index (χ1) is 10.2. The number of carbonyl (C=O) groups is 2. The van der Waals surface area contributed by atoms with Gasteiger partial charge in [0, 0.05) is 25.9 Å². The minimum atomic E-state index is -0.382. The van der Waals surface area contributed by atoms with Gasteiger partial charge in [0.25, 0.3) is 0 Å². The van der Waals surface area contributed by atoms with E-state index >= 15 is 0 Å². The van der Waals surface area contributed by atoms with Crippen LogP contribution in [0, 0.1) is 0 Å². The van der Waals surface area contributed by atoms with Crippen LogP contribution in [-0.4, -0.2) is 35.0 Å². The molecule has 1 heterocycles. The molecule has 0 atom stereocenters. The summed E-state index contributed by atoms with van der Waals surface area (Å²) in [4.78, 5) is 26.7. The van der Waals surface area contributed by atoms with Crippen LogP contribution in [0.3, 0.4) is 0 Å². The third-order valence-corrected chi connectivity index (χ3v) is 2.42. The summed E-state index contributed by atoms with van der Waals surface area (Å²) in [5.74, 6) is 0.147. The van der Waals surface area contributed by atoms with E-state index in [1.165, 1.54) is 0 Å². The van der Waals surface area contributed by atoms with E-state index in [4.69, 9.17) is 4.52 Å². The van der Waals surface area contributed by atoms with Crippen molar-refractivity contribution in [3.63, 3.8) is 0 Å². The minimum Gasteiger partial charge on any atom is -0.356 e. The van der Waals surface area contributed by atoms with Crippen LogP contribution in [0.2, 0.25) is 0 Å². The SMILES string of the molecule is CC.CCCC(=O)NCCCNC(=O)c1nc(CC)no1. The van der Waals surface area contributed by atoms with Crippen molar-refractivity contribution in [2.75, 3.05) is 13.1 Å². The molecule has 1 aromatic heterocycles. The van der Waals surface area contributed by atoms with Crippen molar-refractivity contribution < 1.29 is 14.1 Å². The van der Waals surface area contributed by atoms with Crippen molar-refractivity contribution in [3.05, 3.63) is 11.7 Å². The first-order valence-corrected chi connectivity index (χ1v) is 7.54. The number of hydrogen-bond acceptors (Lipinski definition) is 5. The van der Waals surface area contributed by atoms with Crippen molar-refractivity contribution in [3.8, 4) is 0 Å². The van der Waals surface area contributed by atoms with Gasteiger partial charge < -0.3 is 15.2 Å². The Hall–Kier alpha value is -1.92. The molecule has 0 saturated heterocycles. The Morgan fingerprint density at radius 3 is 2.38 bits per heavy atom. The summed E-state index contributed by atoms with van der Waals surface area (Å²) in [5, 5.41) is 9.06. The summed E-state index contributed by atoms with van der Waals surface area (Å²) >= 11 is 0. The van der Waals surface area contributed by atoms with Gasteiger partial charge in [-0.2, -0.15) is 4.98 Å². The Labute approximate surface area is 125 Å². The molecular formula is C14H26N4O3. The van der Waals surface area contributed by atoms with Crippen LogP contribution in [0.1, 0.15) is 63.5 Å². The van der Waals surface area contributed by atoms with Crippen molar-refractivity contribution in [2.45, 2.75) is 53.4 Å². The molecule has 2 amide bonds. The van der Waals surface area contributed by atoms with E-state index in [1.807, 2.05) is 27.7 Å². The Kier molecular flexibility index (Phi) is 10.8. The zero-order chi connectivity index (χ0) is 16.1. The van der Waals surface area contributed by atoms with Crippen LogP contribution in [0.4, 0.5) is 0 Å². The summed E-state index contributed by atoms with van der Waals surface area (Å²) < 4.78 is 4.80. The molecule has 0 saturated carbocycles. The molecule has 0 fully saturated rings. The minimum absolute atomic E-state index is 0.0214. The summed E-state index contributed by atoms with van der Waals surface area (Å²) in [7, 11) is 0. The number of aromatic nitrogens is 2. The standard InChI is InChI=1S/C12H20N4O3.C2H6/c1-3-6-10(17)13-7-5-8-14-11(18)12-15-9(4-2)16-19-12;1-2/h3-8H2,1-2H3,(H,13,17)(H,14,18);1-2H3. The molecule has 1 aromatic rings. The van der Waals surface area contributed by atoms with Gasteiger partial charge in [0.15, 0.2) is 5.82 Å². The zero-order valence-corrected chi connectivity index (χ0v) is 13.4. The second-order valence-corrected chi connectivity index (χ2v) is 4.08. The Morgan fingerprint density at radius 1 is 1.14 bits per heavy atom. The predicted octanol–water partition coefficient (Wildman–Crippen LogP) is 1.69. The first kappa shape index (κ1) is 19.1. The van der Waals surface area contributed by atoms with E-state index in [0.29, 0.717) is 38.2 Å². The lowest BCUT2D eigenvalue weighted by molar-refractivity contribution is -0.121. The summed E-state index contributed by atoms with van der Waals surface area (Å²) in [6, 6.07) is 0. The summed E-state index contributed by atoms with van der Waals surface area (Å²) in [6.07, 6.45) is 2.66. The second-order valence-electron chi connectivity index (χ2n) is 4.08. The molecular weight excluding hydrogens is 272 g/mol. The van der Waals surface area contributed by atoms with Crippen molar-refractivity contribution in [1.29, 1.82) is 0 Å². The molecule has 2 N–H and O–H groups in total. The highest BCUT2D eigenvalue weighted by Crippen LogP contribution is 1.97. The molecule has 0 spiro atoms. The van der Waals surface area contributed by atoms with Gasteiger partial charge >= 0.3 is 11.8 Å². The van der Waals surface area contributed by atoms with Gasteiger partial charge in [-0.15, -0.1) is 0 Å². The lowest BCUT2D eigenvalue weighted by Crippen LogP contribution is -2.29. The van der Waals surface area contributed by atoms with Gasteiger partial charge in [-0.3, -0.25) is 9.59 Å². The molecule has 120 valence electrons. The van der Waals surface area contributed by atoms with Crippen LogP contribution in [0.15, 0.2) is 4.52 Å². The van der Waals surface area contributed by atoms with E-state index in [9.17, 15) is 9.59 Å². The number of hydrogen-bond donors (Lipinski definition) is 2. The number of carbonyl (C=O) groups excluding carboxylic acids is 2. The third-order valence-electron chi connectivity index (χ3n) is 2.42. The van der Waals surface area contributed by atoms with Crippen LogP contribution in [-0.2, 0) is 11.2 Å². The monoisotopic (exact) mass is 298 g/mol. The average Bonchev–Trinajstić information content (AvgIpc) is 2.98. The fraction of sp³-hybridized carbons (Fsp3) is 0.714. The molecule has 21 heavy (non-hydrogen) atoms. The topological polar surface area (TPSA) is 97.1 Å². The zero-order valence-electron chi connectivity index (χ0n) is 13.4. The number of nitrogens with zero attached hydrogens (tertiary/aromatic N) is 2. The van der Waals surface area contributed by atoms with Crippen molar-refractivity contribution in [1.82, 2.24) is 20.8 Å². The van der Waals surface area contributed by atoms with Gasteiger partial charge in [-0.05, 0) is 12.8 Å². The van der Waals surface area contributed by atoms with Crippen molar-refractivity contribution in [2.24, 2.45) is 0 Å². The smallest absolute Gasteiger partial charge is 0.315 e. The van der Waals surface area contributed by atoms with E-state index < -0.39 is 0 Å². The highest BCUT2D eigenvalue weighted by molar-refractivity contribution is 5.89. The van der Waals surface area contributed by atoms with E-state index in [-0.39, 0.29) is 17.7 Å². The molecule has 0 bridgehead atoms. The average molecular weight is 298 g/mol. The highest BCUT2D eigenvalue weighted by atomic mass is 16.5. The molecule has 0 aliphatic heterocycles. The molecule has 0 unspecified atom stereocenters. The normalized spacial score (nSPS) is 9.52. The Bertz CT molecular complexity index is 418. The molecule has 0 aliphatic carbocycles. The maximum atomic E-state index is 11.6. The molecule has 7 nitrogen and oxygen atoms in total. The second kappa shape index (κ2) is 11.9. The molecule has 7 heteroatoms. The van der Waals surface area contributed by atoms with Crippen molar-refractivity contribution >= 4 is 11.8 Å². The first-order valence-electron chi connectivity index (χ1n) is 7.54. The summed E-state index contributed by atoms with van der Waals surface area (Å²) in [5.41, 5.74) is 0. The number of rotatable bonds is 8. The maximum absolute atomic E-state index is 11.6. The highest BCUT2D eigenvalue weighted by Gasteiger charge is 2.13. The van der Waals surface area contributed by atoms with E-state index in [0.717, 1.165) is 6.42 Å². The Morgan fingerprint density at radius 2 is 1.81 bits per heavy atom. The van der Waals surface area contributed by atoms with Crippen LogP contribution in [0.25, 0.3) is 0 Å².